The lowest BCUT2D eigenvalue weighted by atomic mass is 10.1. The molecule has 0 bridgehead atoms. The molecule has 1 aromatic carbocycles. The van der Waals surface area contributed by atoms with Crippen LogP contribution in [0.5, 0.6) is 5.75 Å². The van der Waals surface area contributed by atoms with Crippen molar-refractivity contribution in [1.82, 2.24) is 5.32 Å². The minimum Gasteiger partial charge on any atom is -0.494 e. The topological polar surface area (TPSA) is 38.3 Å². The highest BCUT2D eigenvalue weighted by Gasteiger charge is 2.14. The van der Waals surface area contributed by atoms with Crippen molar-refractivity contribution < 1.29 is 9.53 Å². The first-order valence-corrected chi connectivity index (χ1v) is 7.57. The predicted molar refractivity (Wildman–Crippen MR) is 82.5 cm³/mol. The average Bonchev–Trinajstić information content (AvgIpc) is 2.86. The molecular weight excluding hydrogens is 270 g/mol. The lowest BCUT2D eigenvalue weighted by Crippen LogP contribution is -2.26. The summed E-state index contributed by atoms with van der Waals surface area (Å²) in [6.07, 6.45) is 0. The van der Waals surface area contributed by atoms with Gasteiger partial charge in [-0.2, -0.15) is 0 Å². The van der Waals surface area contributed by atoms with Gasteiger partial charge in [0.05, 0.1) is 17.5 Å². The van der Waals surface area contributed by atoms with Crippen LogP contribution in [0.15, 0.2) is 35.7 Å². The maximum Gasteiger partial charge on any atom is 0.262 e. The molecule has 1 N–H and O–H groups in total. The number of hydrogen-bond donors (Lipinski definition) is 1. The van der Waals surface area contributed by atoms with E-state index in [1.165, 1.54) is 11.3 Å². The zero-order valence-corrected chi connectivity index (χ0v) is 12.8. The molecule has 0 saturated carbocycles. The second-order valence-electron chi connectivity index (χ2n) is 4.63. The molecule has 3 nitrogen and oxygen atoms in total. The number of ether oxygens (including phenoxy) is 1. The quantitative estimate of drug-likeness (QED) is 0.905. The Balaban J connectivity index is 2.02. The van der Waals surface area contributed by atoms with Gasteiger partial charge in [0, 0.05) is 0 Å². The predicted octanol–water partition coefficient (Wildman–Crippen LogP) is 3.95. The van der Waals surface area contributed by atoms with Crippen molar-refractivity contribution in [2.45, 2.75) is 26.8 Å². The molecule has 0 radical (unpaired) electrons. The van der Waals surface area contributed by atoms with Crippen LogP contribution in [-0.2, 0) is 0 Å². The van der Waals surface area contributed by atoms with Crippen molar-refractivity contribution in [1.29, 1.82) is 0 Å². The number of thiophene rings is 1. The van der Waals surface area contributed by atoms with E-state index in [1.54, 1.807) is 0 Å². The molecule has 0 fully saturated rings. The zero-order valence-electron chi connectivity index (χ0n) is 12.0. The molecule has 4 heteroatoms. The van der Waals surface area contributed by atoms with Gasteiger partial charge >= 0.3 is 0 Å². The summed E-state index contributed by atoms with van der Waals surface area (Å²) in [4.78, 5) is 12.9. The standard InChI is InChI=1S/C16H19NO2S/c1-4-19-14-7-5-13(6-8-14)12(3)17-16(18)15-11(2)9-10-20-15/h5-10,12H,4H2,1-3H3,(H,17,18). The van der Waals surface area contributed by atoms with Crippen LogP contribution >= 0.6 is 11.3 Å². The van der Waals surface area contributed by atoms with E-state index in [9.17, 15) is 4.79 Å². The molecular formula is C16H19NO2S. The number of hydrogen-bond acceptors (Lipinski definition) is 3. The van der Waals surface area contributed by atoms with Gasteiger partial charge < -0.3 is 10.1 Å². The molecule has 0 aliphatic carbocycles. The number of carbonyl (C=O) groups excluding carboxylic acids is 1. The Morgan fingerprint density at radius 1 is 1.30 bits per heavy atom. The van der Waals surface area contributed by atoms with Gasteiger partial charge in [-0.05, 0) is 55.5 Å². The fraction of sp³-hybridized carbons (Fsp3) is 0.312. The van der Waals surface area contributed by atoms with Gasteiger partial charge in [0.1, 0.15) is 5.75 Å². The Hall–Kier alpha value is -1.81. The molecule has 1 heterocycles. The average molecular weight is 289 g/mol. The fourth-order valence-electron chi connectivity index (χ4n) is 1.97. The minimum atomic E-state index is -0.0281. The summed E-state index contributed by atoms with van der Waals surface area (Å²) in [7, 11) is 0. The van der Waals surface area contributed by atoms with Crippen LogP contribution < -0.4 is 10.1 Å². The molecule has 106 valence electrons. The highest BCUT2D eigenvalue weighted by molar-refractivity contribution is 7.12. The first-order chi connectivity index (χ1) is 9.61. The molecule has 1 amide bonds. The molecule has 0 saturated heterocycles. The molecule has 0 aliphatic rings. The molecule has 2 aromatic rings. The van der Waals surface area contributed by atoms with E-state index in [2.05, 4.69) is 5.32 Å². The van der Waals surface area contributed by atoms with Crippen LogP contribution in [-0.4, -0.2) is 12.5 Å². The van der Waals surface area contributed by atoms with Crippen molar-refractivity contribution in [2.24, 2.45) is 0 Å². The van der Waals surface area contributed by atoms with Gasteiger partial charge in [-0.3, -0.25) is 4.79 Å². The summed E-state index contributed by atoms with van der Waals surface area (Å²) in [5.41, 5.74) is 2.09. The van der Waals surface area contributed by atoms with E-state index in [-0.39, 0.29) is 11.9 Å². The Morgan fingerprint density at radius 2 is 2.00 bits per heavy atom. The van der Waals surface area contributed by atoms with E-state index >= 15 is 0 Å². The number of rotatable bonds is 5. The first kappa shape index (κ1) is 14.6. The van der Waals surface area contributed by atoms with Crippen molar-refractivity contribution in [3.8, 4) is 5.75 Å². The molecule has 1 atom stereocenters. The van der Waals surface area contributed by atoms with Gasteiger partial charge in [-0.25, -0.2) is 0 Å². The Kier molecular flexibility index (Phi) is 4.79. The molecule has 2 rings (SSSR count). The third-order valence-corrected chi connectivity index (χ3v) is 4.12. The maximum absolute atomic E-state index is 12.2. The van der Waals surface area contributed by atoms with Crippen LogP contribution in [0.1, 0.15) is 40.7 Å². The maximum atomic E-state index is 12.2. The van der Waals surface area contributed by atoms with Gasteiger partial charge in [-0.15, -0.1) is 11.3 Å². The van der Waals surface area contributed by atoms with Crippen molar-refractivity contribution in [2.75, 3.05) is 6.61 Å². The summed E-state index contributed by atoms with van der Waals surface area (Å²) < 4.78 is 5.41. The Labute approximate surface area is 123 Å². The molecule has 1 unspecified atom stereocenters. The van der Waals surface area contributed by atoms with E-state index in [1.807, 2.05) is 56.5 Å². The normalized spacial score (nSPS) is 11.9. The van der Waals surface area contributed by atoms with E-state index in [0.717, 1.165) is 21.8 Å². The minimum absolute atomic E-state index is 0.0149. The van der Waals surface area contributed by atoms with Gasteiger partial charge in [0.25, 0.3) is 5.91 Å². The van der Waals surface area contributed by atoms with Crippen LogP contribution in [0, 0.1) is 6.92 Å². The molecule has 20 heavy (non-hydrogen) atoms. The van der Waals surface area contributed by atoms with Crippen molar-refractivity contribution >= 4 is 17.2 Å². The number of benzene rings is 1. The van der Waals surface area contributed by atoms with Crippen LogP contribution in [0.2, 0.25) is 0 Å². The SMILES string of the molecule is CCOc1ccc(C(C)NC(=O)c2sccc2C)cc1. The van der Waals surface area contributed by atoms with Crippen LogP contribution in [0.25, 0.3) is 0 Å². The first-order valence-electron chi connectivity index (χ1n) is 6.69. The molecule has 0 spiro atoms. The zero-order chi connectivity index (χ0) is 14.5. The summed E-state index contributed by atoms with van der Waals surface area (Å²) >= 11 is 1.47. The monoisotopic (exact) mass is 289 g/mol. The molecule has 0 aliphatic heterocycles. The second kappa shape index (κ2) is 6.57. The summed E-state index contributed by atoms with van der Waals surface area (Å²) in [6, 6.07) is 9.75. The molecule has 1 aromatic heterocycles. The fourth-order valence-corrected chi connectivity index (χ4v) is 2.80. The smallest absolute Gasteiger partial charge is 0.262 e. The number of nitrogens with one attached hydrogen (secondary N) is 1. The van der Waals surface area contributed by atoms with Gasteiger partial charge in [0.15, 0.2) is 0 Å². The van der Waals surface area contributed by atoms with Crippen LogP contribution in [0.4, 0.5) is 0 Å². The second-order valence-corrected chi connectivity index (χ2v) is 5.55. The van der Waals surface area contributed by atoms with Crippen LogP contribution in [0.3, 0.4) is 0 Å². The third-order valence-electron chi connectivity index (χ3n) is 3.11. The van der Waals surface area contributed by atoms with E-state index in [4.69, 9.17) is 4.74 Å². The third kappa shape index (κ3) is 3.39. The van der Waals surface area contributed by atoms with Gasteiger partial charge in [0.2, 0.25) is 0 Å². The lowest BCUT2D eigenvalue weighted by molar-refractivity contribution is 0.0943. The van der Waals surface area contributed by atoms with Crippen molar-refractivity contribution in [3.63, 3.8) is 0 Å². The van der Waals surface area contributed by atoms with E-state index in [0.29, 0.717) is 6.61 Å². The summed E-state index contributed by atoms with van der Waals surface area (Å²) in [5, 5.41) is 4.96. The Bertz CT molecular complexity index is 574. The lowest BCUT2D eigenvalue weighted by Gasteiger charge is -2.14. The summed E-state index contributed by atoms with van der Waals surface area (Å²) in [6.45, 7) is 6.55. The summed E-state index contributed by atoms with van der Waals surface area (Å²) in [5.74, 6) is 0.836. The number of amides is 1. The number of aryl methyl sites for hydroxylation is 1. The highest BCUT2D eigenvalue weighted by Crippen LogP contribution is 2.20. The number of carbonyl (C=O) groups is 1. The largest absolute Gasteiger partial charge is 0.494 e. The van der Waals surface area contributed by atoms with Crippen molar-refractivity contribution in [3.05, 3.63) is 51.7 Å². The highest BCUT2D eigenvalue weighted by atomic mass is 32.1. The van der Waals surface area contributed by atoms with Gasteiger partial charge in [-0.1, -0.05) is 12.1 Å². The Morgan fingerprint density at radius 3 is 2.55 bits per heavy atom. The van der Waals surface area contributed by atoms with E-state index < -0.39 is 0 Å².